The van der Waals surface area contributed by atoms with E-state index in [1.807, 2.05) is 31.5 Å². The number of hydrogen-bond acceptors (Lipinski definition) is 4. The average molecular weight is 338 g/mol. The van der Waals surface area contributed by atoms with Gasteiger partial charge in [0.05, 0.1) is 5.52 Å². The van der Waals surface area contributed by atoms with Crippen molar-refractivity contribution in [1.82, 2.24) is 14.5 Å². The average Bonchev–Trinajstić information content (AvgIpc) is 3.00. The Hall–Kier alpha value is -2.89. The van der Waals surface area contributed by atoms with Crippen LogP contribution in [0.25, 0.3) is 10.9 Å². The zero-order valence-electron chi connectivity index (χ0n) is 14.8. The quantitative estimate of drug-likeness (QED) is 0.727. The van der Waals surface area contributed by atoms with Crippen LogP contribution in [0.15, 0.2) is 36.9 Å². The molecule has 0 fully saturated rings. The van der Waals surface area contributed by atoms with Crippen LogP contribution in [-0.4, -0.2) is 25.6 Å². The number of rotatable bonds is 5. The van der Waals surface area contributed by atoms with E-state index < -0.39 is 12.0 Å². The number of carboxylic acids is 1. The smallest absolute Gasteiger partial charge is 0.326 e. The fourth-order valence-electron chi connectivity index (χ4n) is 2.96. The summed E-state index contributed by atoms with van der Waals surface area (Å²) < 4.78 is 1.74. The number of carboxylic acid groups (broad SMARTS) is 1. The van der Waals surface area contributed by atoms with E-state index in [9.17, 15) is 9.90 Å². The zero-order valence-corrected chi connectivity index (χ0v) is 14.8. The molecule has 0 aliphatic carbocycles. The SMILES string of the molecule is Cc1cncc(C(C)C)c1Nc1nccc2c1ccn2C(C)C(=O)O. The number of nitrogens with zero attached hydrogens (tertiary/aromatic N) is 3. The molecule has 0 bridgehead atoms. The van der Waals surface area contributed by atoms with Crippen LogP contribution in [0.1, 0.15) is 43.9 Å². The van der Waals surface area contributed by atoms with Crippen molar-refractivity contribution >= 4 is 28.4 Å². The van der Waals surface area contributed by atoms with Crippen LogP contribution >= 0.6 is 0 Å². The van der Waals surface area contributed by atoms with Gasteiger partial charge in [-0.1, -0.05) is 13.8 Å². The molecule has 6 nitrogen and oxygen atoms in total. The second kappa shape index (κ2) is 6.55. The zero-order chi connectivity index (χ0) is 18.1. The summed E-state index contributed by atoms with van der Waals surface area (Å²) in [4.78, 5) is 20.1. The van der Waals surface area contributed by atoms with Crippen LogP contribution in [0.2, 0.25) is 0 Å². The van der Waals surface area contributed by atoms with E-state index in [1.54, 1.807) is 23.9 Å². The fraction of sp³-hybridized carbons (Fsp3) is 0.316. The largest absolute Gasteiger partial charge is 0.480 e. The molecule has 0 aliphatic rings. The lowest BCUT2D eigenvalue weighted by atomic mass is 10.0. The molecule has 0 aliphatic heterocycles. The second-order valence-corrected chi connectivity index (χ2v) is 6.53. The van der Waals surface area contributed by atoms with E-state index in [0.29, 0.717) is 11.7 Å². The van der Waals surface area contributed by atoms with Gasteiger partial charge in [-0.2, -0.15) is 0 Å². The summed E-state index contributed by atoms with van der Waals surface area (Å²) in [5.74, 6) is 0.173. The molecule has 3 aromatic rings. The monoisotopic (exact) mass is 338 g/mol. The highest BCUT2D eigenvalue weighted by atomic mass is 16.4. The van der Waals surface area contributed by atoms with Gasteiger partial charge in [0.2, 0.25) is 0 Å². The first kappa shape index (κ1) is 17.0. The summed E-state index contributed by atoms with van der Waals surface area (Å²) in [7, 11) is 0. The maximum atomic E-state index is 11.3. The summed E-state index contributed by atoms with van der Waals surface area (Å²) in [6.45, 7) is 7.93. The minimum absolute atomic E-state index is 0.325. The van der Waals surface area contributed by atoms with Gasteiger partial charge in [0, 0.05) is 35.9 Å². The number of aliphatic carboxylic acids is 1. The minimum Gasteiger partial charge on any atom is -0.480 e. The molecule has 0 radical (unpaired) electrons. The van der Waals surface area contributed by atoms with Crippen LogP contribution in [0.4, 0.5) is 11.5 Å². The molecule has 0 saturated heterocycles. The van der Waals surface area contributed by atoms with Gasteiger partial charge >= 0.3 is 5.97 Å². The van der Waals surface area contributed by atoms with E-state index in [1.165, 1.54) is 0 Å². The highest BCUT2D eigenvalue weighted by Gasteiger charge is 2.17. The lowest BCUT2D eigenvalue weighted by molar-refractivity contribution is -0.140. The van der Waals surface area contributed by atoms with Gasteiger partial charge in [-0.15, -0.1) is 0 Å². The molecule has 3 rings (SSSR count). The molecular weight excluding hydrogens is 316 g/mol. The molecule has 3 aromatic heterocycles. The minimum atomic E-state index is -0.865. The molecular formula is C19H22N4O2. The van der Waals surface area contributed by atoms with Crippen molar-refractivity contribution in [2.24, 2.45) is 0 Å². The molecule has 6 heteroatoms. The predicted molar refractivity (Wildman–Crippen MR) is 98.4 cm³/mol. The molecule has 0 spiro atoms. The van der Waals surface area contributed by atoms with Gasteiger partial charge in [0.15, 0.2) is 0 Å². The maximum Gasteiger partial charge on any atom is 0.326 e. The van der Waals surface area contributed by atoms with E-state index in [-0.39, 0.29) is 0 Å². The molecule has 1 unspecified atom stereocenters. The normalized spacial score (nSPS) is 12.5. The Bertz CT molecular complexity index is 930. The Morgan fingerprint density at radius 2 is 2.00 bits per heavy atom. The Balaban J connectivity index is 2.09. The van der Waals surface area contributed by atoms with Crippen molar-refractivity contribution < 1.29 is 9.90 Å². The summed E-state index contributed by atoms with van der Waals surface area (Å²) in [6.07, 6.45) is 7.18. The highest BCUT2D eigenvalue weighted by Crippen LogP contribution is 2.32. The fourth-order valence-corrected chi connectivity index (χ4v) is 2.96. The van der Waals surface area contributed by atoms with E-state index >= 15 is 0 Å². The molecule has 2 N–H and O–H groups in total. The van der Waals surface area contributed by atoms with Crippen molar-refractivity contribution in [1.29, 1.82) is 0 Å². The highest BCUT2D eigenvalue weighted by molar-refractivity contribution is 5.93. The van der Waals surface area contributed by atoms with Crippen molar-refractivity contribution in [3.8, 4) is 0 Å². The number of nitrogens with one attached hydrogen (secondary N) is 1. The summed E-state index contributed by atoms with van der Waals surface area (Å²) in [5.41, 5.74) is 4.01. The van der Waals surface area contributed by atoms with Gasteiger partial charge < -0.3 is 15.0 Å². The maximum absolute atomic E-state index is 11.3. The van der Waals surface area contributed by atoms with Gasteiger partial charge in [0.1, 0.15) is 11.9 Å². The van der Waals surface area contributed by atoms with Crippen molar-refractivity contribution in [3.05, 3.63) is 48.0 Å². The first-order valence-electron chi connectivity index (χ1n) is 8.30. The van der Waals surface area contributed by atoms with Crippen LogP contribution in [-0.2, 0) is 4.79 Å². The van der Waals surface area contributed by atoms with E-state index in [0.717, 1.165) is 27.7 Å². The Morgan fingerprint density at radius 1 is 1.24 bits per heavy atom. The van der Waals surface area contributed by atoms with Crippen LogP contribution in [0.3, 0.4) is 0 Å². The molecule has 0 saturated carbocycles. The van der Waals surface area contributed by atoms with Gasteiger partial charge in [-0.3, -0.25) is 4.98 Å². The number of pyridine rings is 2. The summed E-state index contributed by atoms with van der Waals surface area (Å²) in [5, 5.41) is 13.6. The Labute approximate surface area is 146 Å². The standard InChI is InChI=1S/C19H22N4O2/c1-11(2)15-10-20-9-12(3)17(15)22-18-14-6-8-23(13(4)19(24)25)16(14)5-7-21-18/h5-11,13H,1-4H3,(H,24,25)(H,20,21,22). The van der Waals surface area contributed by atoms with Crippen LogP contribution in [0, 0.1) is 6.92 Å². The first-order valence-corrected chi connectivity index (χ1v) is 8.30. The third-order valence-electron chi connectivity index (χ3n) is 4.45. The first-order chi connectivity index (χ1) is 11.9. The van der Waals surface area contributed by atoms with Gasteiger partial charge in [-0.05, 0) is 43.0 Å². The molecule has 0 aromatic carbocycles. The van der Waals surface area contributed by atoms with Crippen LogP contribution < -0.4 is 5.32 Å². The molecule has 130 valence electrons. The summed E-state index contributed by atoms with van der Waals surface area (Å²) in [6, 6.07) is 3.10. The predicted octanol–water partition coefficient (Wildman–Crippen LogP) is 4.25. The number of anilines is 2. The molecule has 0 amide bonds. The lowest BCUT2D eigenvalue weighted by Gasteiger charge is -2.17. The van der Waals surface area contributed by atoms with Crippen molar-refractivity contribution in [2.75, 3.05) is 5.32 Å². The lowest BCUT2D eigenvalue weighted by Crippen LogP contribution is -2.14. The number of aromatic nitrogens is 3. The molecule has 25 heavy (non-hydrogen) atoms. The molecule has 1 atom stereocenters. The van der Waals surface area contributed by atoms with Gasteiger partial charge in [0.25, 0.3) is 0 Å². The number of carbonyl (C=O) groups is 1. The Morgan fingerprint density at radius 3 is 2.68 bits per heavy atom. The topological polar surface area (TPSA) is 80.0 Å². The van der Waals surface area contributed by atoms with Crippen molar-refractivity contribution in [3.63, 3.8) is 0 Å². The van der Waals surface area contributed by atoms with Crippen LogP contribution in [0.5, 0.6) is 0 Å². The van der Waals surface area contributed by atoms with Crippen molar-refractivity contribution in [2.45, 2.75) is 39.7 Å². The van der Waals surface area contributed by atoms with E-state index in [2.05, 4.69) is 29.1 Å². The number of fused-ring (bicyclic) bond motifs is 1. The van der Waals surface area contributed by atoms with Gasteiger partial charge in [-0.25, -0.2) is 9.78 Å². The third-order valence-corrected chi connectivity index (χ3v) is 4.45. The third kappa shape index (κ3) is 3.07. The summed E-state index contributed by atoms with van der Waals surface area (Å²) >= 11 is 0. The van der Waals surface area contributed by atoms with E-state index in [4.69, 9.17) is 0 Å². The second-order valence-electron chi connectivity index (χ2n) is 6.53. The number of aryl methyl sites for hydroxylation is 1. The number of hydrogen-bond donors (Lipinski definition) is 2. The Kier molecular flexibility index (Phi) is 4.44. The molecule has 3 heterocycles.